The van der Waals surface area contributed by atoms with Gasteiger partial charge in [0.1, 0.15) is 5.82 Å². The molecule has 1 fully saturated rings. The standard InChI is InChI=1S/C25H35FN4O3S/c1-25(2,3)29-34(32,33)23-13-20(24(31)28-16-19-6-5-11-30(4)17-19)12-22(14-23)27-15-18-7-9-21(26)10-8-18/h7-10,12-14,19,27,29H,5-6,11,15-17H2,1-4H3,(H,28,31)/t19-/m0/s1. The van der Waals surface area contributed by atoms with Gasteiger partial charge in [-0.05, 0) is 89.0 Å². The lowest BCUT2D eigenvalue weighted by Gasteiger charge is -2.29. The van der Waals surface area contributed by atoms with Crippen LogP contribution in [0.4, 0.5) is 10.1 Å². The minimum atomic E-state index is -3.85. The predicted molar refractivity (Wildman–Crippen MR) is 133 cm³/mol. The Kier molecular flexibility index (Phi) is 8.33. The fraction of sp³-hybridized carbons (Fsp3) is 0.480. The summed E-state index contributed by atoms with van der Waals surface area (Å²) in [5.41, 5.74) is 0.910. The van der Waals surface area contributed by atoms with Gasteiger partial charge in [-0.1, -0.05) is 12.1 Å². The lowest BCUT2D eigenvalue weighted by atomic mass is 9.98. The Morgan fingerprint density at radius 2 is 1.85 bits per heavy atom. The topological polar surface area (TPSA) is 90.5 Å². The van der Waals surface area contributed by atoms with Crippen molar-refractivity contribution in [2.75, 3.05) is 32.0 Å². The van der Waals surface area contributed by atoms with E-state index in [1.807, 2.05) is 0 Å². The third-order valence-electron chi connectivity index (χ3n) is 5.60. The number of hydrogen-bond acceptors (Lipinski definition) is 5. The number of benzene rings is 2. The van der Waals surface area contributed by atoms with Crippen LogP contribution in [0.15, 0.2) is 47.4 Å². The van der Waals surface area contributed by atoms with Crippen molar-refractivity contribution in [2.24, 2.45) is 5.92 Å². The summed E-state index contributed by atoms with van der Waals surface area (Å²) in [6.45, 7) is 8.16. The molecule has 2 aromatic rings. The molecule has 34 heavy (non-hydrogen) atoms. The minimum Gasteiger partial charge on any atom is -0.381 e. The lowest BCUT2D eigenvalue weighted by molar-refractivity contribution is 0.0936. The molecule has 1 amide bonds. The maximum Gasteiger partial charge on any atom is 0.251 e. The number of rotatable bonds is 8. The van der Waals surface area contributed by atoms with E-state index in [4.69, 9.17) is 0 Å². The van der Waals surface area contributed by atoms with Crippen LogP contribution in [0.25, 0.3) is 0 Å². The highest BCUT2D eigenvalue weighted by molar-refractivity contribution is 7.89. The fourth-order valence-corrected chi connectivity index (χ4v) is 5.52. The van der Waals surface area contributed by atoms with E-state index in [0.29, 0.717) is 24.7 Å². The minimum absolute atomic E-state index is 0.00841. The molecule has 3 N–H and O–H groups in total. The molecule has 1 aliphatic rings. The summed E-state index contributed by atoms with van der Waals surface area (Å²) >= 11 is 0. The van der Waals surface area contributed by atoms with Gasteiger partial charge in [0, 0.05) is 36.4 Å². The largest absolute Gasteiger partial charge is 0.381 e. The number of hydrogen-bond donors (Lipinski definition) is 3. The van der Waals surface area contributed by atoms with E-state index in [-0.39, 0.29) is 22.2 Å². The first kappa shape index (κ1) is 26.1. The number of nitrogens with one attached hydrogen (secondary N) is 3. The summed E-state index contributed by atoms with van der Waals surface area (Å²) in [5, 5.41) is 6.13. The number of sulfonamides is 1. The molecule has 9 heteroatoms. The van der Waals surface area contributed by atoms with Gasteiger partial charge in [-0.15, -0.1) is 0 Å². The van der Waals surface area contributed by atoms with Crippen LogP contribution < -0.4 is 15.4 Å². The van der Waals surface area contributed by atoms with Gasteiger partial charge >= 0.3 is 0 Å². The van der Waals surface area contributed by atoms with Crippen LogP contribution in [0.3, 0.4) is 0 Å². The van der Waals surface area contributed by atoms with Crippen LogP contribution in [-0.2, 0) is 16.6 Å². The van der Waals surface area contributed by atoms with Crippen molar-refractivity contribution < 1.29 is 17.6 Å². The number of halogens is 1. The Morgan fingerprint density at radius 3 is 2.50 bits per heavy atom. The number of piperidine rings is 1. The number of likely N-dealkylation sites (tertiary alicyclic amines) is 1. The Bertz CT molecular complexity index is 1100. The smallest absolute Gasteiger partial charge is 0.251 e. The molecule has 1 atom stereocenters. The number of carbonyl (C=O) groups excluding carboxylic acids is 1. The van der Waals surface area contributed by atoms with Crippen molar-refractivity contribution in [1.82, 2.24) is 14.9 Å². The van der Waals surface area contributed by atoms with E-state index in [2.05, 4.69) is 27.3 Å². The normalized spacial score (nSPS) is 17.4. The first-order valence-corrected chi connectivity index (χ1v) is 13.0. The summed E-state index contributed by atoms with van der Waals surface area (Å²) in [4.78, 5) is 15.2. The molecular weight excluding hydrogens is 455 g/mol. The Hall–Kier alpha value is -2.49. The van der Waals surface area contributed by atoms with Gasteiger partial charge in [0.05, 0.1) is 4.90 Å². The molecule has 3 rings (SSSR count). The van der Waals surface area contributed by atoms with Gasteiger partial charge in [0.2, 0.25) is 10.0 Å². The second-order valence-corrected chi connectivity index (χ2v) is 11.7. The van der Waals surface area contributed by atoms with Gasteiger partial charge in [0.15, 0.2) is 0 Å². The lowest BCUT2D eigenvalue weighted by Crippen LogP contribution is -2.40. The number of amides is 1. The number of anilines is 1. The van der Waals surface area contributed by atoms with E-state index < -0.39 is 15.6 Å². The van der Waals surface area contributed by atoms with Gasteiger partial charge in [-0.25, -0.2) is 17.5 Å². The number of nitrogens with zero attached hydrogens (tertiary/aromatic N) is 1. The van der Waals surface area contributed by atoms with Crippen LogP contribution in [0.1, 0.15) is 49.5 Å². The van der Waals surface area contributed by atoms with Crippen LogP contribution >= 0.6 is 0 Å². The van der Waals surface area contributed by atoms with Crippen LogP contribution in [0, 0.1) is 11.7 Å². The van der Waals surface area contributed by atoms with E-state index in [9.17, 15) is 17.6 Å². The second-order valence-electron chi connectivity index (χ2n) is 10.1. The monoisotopic (exact) mass is 490 g/mol. The molecular formula is C25H35FN4O3S. The molecule has 0 bridgehead atoms. The molecule has 1 heterocycles. The van der Waals surface area contributed by atoms with Gasteiger partial charge in [-0.3, -0.25) is 4.79 Å². The zero-order valence-corrected chi connectivity index (χ0v) is 21.1. The van der Waals surface area contributed by atoms with Gasteiger partial charge in [0.25, 0.3) is 5.91 Å². The molecule has 0 aromatic heterocycles. The van der Waals surface area contributed by atoms with Gasteiger partial charge < -0.3 is 15.5 Å². The number of carbonyl (C=O) groups is 1. The van der Waals surface area contributed by atoms with Crippen LogP contribution in [0.2, 0.25) is 0 Å². The highest BCUT2D eigenvalue weighted by Gasteiger charge is 2.24. The highest BCUT2D eigenvalue weighted by atomic mass is 32.2. The quantitative estimate of drug-likeness (QED) is 0.526. The highest BCUT2D eigenvalue weighted by Crippen LogP contribution is 2.22. The maximum atomic E-state index is 13.2. The SMILES string of the molecule is CN1CCC[C@@H](CNC(=O)c2cc(NCc3ccc(F)cc3)cc(S(=O)(=O)NC(C)(C)C)c2)C1. The molecule has 0 aliphatic carbocycles. The second kappa shape index (κ2) is 10.8. The predicted octanol–water partition coefficient (Wildman–Crippen LogP) is 3.59. The maximum absolute atomic E-state index is 13.2. The van der Waals surface area contributed by atoms with Gasteiger partial charge in [-0.2, -0.15) is 0 Å². The third kappa shape index (κ3) is 7.78. The van der Waals surface area contributed by atoms with E-state index >= 15 is 0 Å². The fourth-order valence-electron chi connectivity index (χ4n) is 4.03. The molecule has 186 valence electrons. The van der Waals surface area contributed by atoms with E-state index in [0.717, 1.165) is 31.5 Å². The molecule has 1 aliphatic heterocycles. The van der Waals surface area contributed by atoms with E-state index in [1.54, 1.807) is 39.0 Å². The Morgan fingerprint density at radius 1 is 1.15 bits per heavy atom. The van der Waals surface area contributed by atoms with Crippen molar-refractivity contribution in [2.45, 2.75) is 50.6 Å². The third-order valence-corrected chi connectivity index (χ3v) is 7.34. The summed E-state index contributed by atoms with van der Waals surface area (Å²) in [5.74, 6) is -0.271. The average molecular weight is 491 g/mol. The van der Waals surface area contributed by atoms with Crippen molar-refractivity contribution in [3.8, 4) is 0 Å². The summed E-state index contributed by atoms with van der Waals surface area (Å²) < 4.78 is 41.9. The van der Waals surface area contributed by atoms with Crippen molar-refractivity contribution >= 4 is 21.6 Å². The molecule has 7 nitrogen and oxygen atoms in total. The molecule has 0 spiro atoms. The summed E-state index contributed by atoms with van der Waals surface area (Å²) in [6, 6.07) is 10.6. The zero-order valence-electron chi connectivity index (χ0n) is 20.3. The first-order valence-electron chi connectivity index (χ1n) is 11.6. The van der Waals surface area contributed by atoms with Crippen molar-refractivity contribution in [1.29, 1.82) is 0 Å². The summed E-state index contributed by atoms with van der Waals surface area (Å²) in [6.07, 6.45) is 2.15. The Balaban J connectivity index is 1.82. The average Bonchev–Trinajstić information content (AvgIpc) is 2.75. The molecule has 0 unspecified atom stereocenters. The zero-order chi connectivity index (χ0) is 24.9. The molecule has 0 saturated carbocycles. The van der Waals surface area contributed by atoms with Crippen molar-refractivity contribution in [3.05, 3.63) is 59.4 Å². The molecule has 1 saturated heterocycles. The molecule has 2 aromatic carbocycles. The van der Waals surface area contributed by atoms with Crippen molar-refractivity contribution in [3.63, 3.8) is 0 Å². The van der Waals surface area contributed by atoms with Crippen LogP contribution in [0.5, 0.6) is 0 Å². The van der Waals surface area contributed by atoms with Crippen LogP contribution in [-0.4, -0.2) is 51.4 Å². The first-order chi connectivity index (χ1) is 15.9. The Labute approximate surface area is 202 Å². The summed E-state index contributed by atoms with van der Waals surface area (Å²) in [7, 11) is -1.78. The van der Waals surface area contributed by atoms with E-state index in [1.165, 1.54) is 24.3 Å². The molecule has 0 radical (unpaired) electrons.